The maximum absolute atomic E-state index is 11.0. The van der Waals surface area contributed by atoms with Gasteiger partial charge in [-0.05, 0) is 17.7 Å². The molecule has 7 heteroatoms. The minimum atomic E-state index is -3.52. The SMILES string of the molecule is NS(=O)(=O)Cc1cccc(OCC2=NCCN2)c1. The lowest BCUT2D eigenvalue weighted by atomic mass is 10.2. The van der Waals surface area contributed by atoms with Crippen LogP contribution in [0.1, 0.15) is 5.56 Å². The summed E-state index contributed by atoms with van der Waals surface area (Å²) in [5, 5.41) is 8.08. The van der Waals surface area contributed by atoms with E-state index in [9.17, 15) is 8.42 Å². The number of ether oxygens (including phenoxy) is 1. The Hall–Kier alpha value is -1.60. The fraction of sp³-hybridized carbons (Fsp3) is 0.364. The highest BCUT2D eigenvalue weighted by Crippen LogP contribution is 2.14. The third-order valence-corrected chi connectivity index (χ3v) is 3.12. The Morgan fingerprint density at radius 2 is 2.28 bits per heavy atom. The quantitative estimate of drug-likeness (QED) is 0.777. The molecule has 2 rings (SSSR count). The van der Waals surface area contributed by atoms with Gasteiger partial charge in [0.2, 0.25) is 10.0 Å². The van der Waals surface area contributed by atoms with Crippen molar-refractivity contribution in [3.63, 3.8) is 0 Å². The second kappa shape index (κ2) is 5.36. The number of rotatable bonds is 5. The second-order valence-corrected chi connectivity index (χ2v) is 5.61. The van der Waals surface area contributed by atoms with Gasteiger partial charge in [-0.15, -0.1) is 0 Å². The van der Waals surface area contributed by atoms with Crippen LogP contribution in [0.25, 0.3) is 0 Å². The number of aliphatic imine (C=N–C) groups is 1. The van der Waals surface area contributed by atoms with E-state index in [4.69, 9.17) is 9.88 Å². The summed E-state index contributed by atoms with van der Waals surface area (Å²) in [5.41, 5.74) is 0.608. The van der Waals surface area contributed by atoms with Crippen LogP contribution in [0.2, 0.25) is 0 Å². The number of nitrogens with two attached hydrogens (primary N) is 1. The van der Waals surface area contributed by atoms with E-state index in [1.54, 1.807) is 24.3 Å². The van der Waals surface area contributed by atoms with E-state index in [2.05, 4.69) is 10.3 Å². The first-order valence-electron chi connectivity index (χ1n) is 5.52. The number of primary sulfonamides is 1. The molecule has 1 aliphatic heterocycles. The number of sulfonamides is 1. The molecule has 1 heterocycles. The summed E-state index contributed by atoms with van der Waals surface area (Å²) in [6, 6.07) is 6.87. The van der Waals surface area contributed by atoms with Gasteiger partial charge in [-0.25, -0.2) is 13.6 Å². The van der Waals surface area contributed by atoms with Crippen LogP contribution in [-0.4, -0.2) is 33.9 Å². The van der Waals surface area contributed by atoms with Crippen molar-refractivity contribution in [2.24, 2.45) is 10.1 Å². The topological polar surface area (TPSA) is 93.8 Å². The van der Waals surface area contributed by atoms with Crippen LogP contribution < -0.4 is 15.2 Å². The van der Waals surface area contributed by atoms with Gasteiger partial charge in [0.1, 0.15) is 18.2 Å². The summed E-state index contributed by atoms with van der Waals surface area (Å²) in [6.07, 6.45) is 0. The smallest absolute Gasteiger partial charge is 0.213 e. The van der Waals surface area contributed by atoms with E-state index in [1.807, 2.05) is 0 Å². The van der Waals surface area contributed by atoms with E-state index in [-0.39, 0.29) is 5.75 Å². The normalized spacial score (nSPS) is 15.1. The molecule has 1 aliphatic rings. The molecule has 0 bridgehead atoms. The number of benzene rings is 1. The van der Waals surface area contributed by atoms with Crippen LogP contribution in [0.5, 0.6) is 5.75 Å². The standard InChI is InChI=1S/C11H15N3O3S/c12-18(15,16)8-9-2-1-3-10(6-9)17-7-11-13-4-5-14-11/h1-3,6H,4-5,7-8H2,(H,13,14)(H2,12,15,16). The Kier molecular flexibility index (Phi) is 3.83. The fourth-order valence-electron chi connectivity index (χ4n) is 1.65. The van der Waals surface area contributed by atoms with Gasteiger partial charge in [-0.3, -0.25) is 4.99 Å². The van der Waals surface area contributed by atoms with E-state index in [0.717, 1.165) is 18.9 Å². The minimum Gasteiger partial charge on any atom is -0.486 e. The number of hydrogen-bond acceptors (Lipinski definition) is 5. The zero-order chi connectivity index (χ0) is 13.0. The zero-order valence-electron chi connectivity index (χ0n) is 9.80. The predicted molar refractivity (Wildman–Crippen MR) is 69.1 cm³/mol. The lowest BCUT2D eigenvalue weighted by Crippen LogP contribution is -2.24. The molecule has 0 radical (unpaired) electrons. The second-order valence-electron chi connectivity index (χ2n) is 4.00. The van der Waals surface area contributed by atoms with Crippen molar-refractivity contribution in [1.29, 1.82) is 0 Å². The molecule has 3 N–H and O–H groups in total. The van der Waals surface area contributed by atoms with Crippen molar-refractivity contribution in [3.05, 3.63) is 29.8 Å². The Labute approximate surface area is 106 Å². The fourth-order valence-corrected chi connectivity index (χ4v) is 2.30. The molecule has 0 amide bonds. The van der Waals surface area contributed by atoms with Crippen molar-refractivity contribution >= 4 is 15.9 Å². The molecule has 6 nitrogen and oxygen atoms in total. The van der Waals surface area contributed by atoms with Crippen LogP contribution in [-0.2, 0) is 15.8 Å². The van der Waals surface area contributed by atoms with Gasteiger partial charge < -0.3 is 10.1 Å². The maximum atomic E-state index is 11.0. The van der Waals surface area contributed by atoms with E-state index in [1.165, 1.54) is 0 Å². The van der Waals surface area contributed by atoms with Crippen LogP contribution in [0.3, 0.4) is 0 Å². The molecule has 1 aromatic carbocycles. The van der Waals surface area contributed by atoms with Crippen molar-refractivity contribution in [1.82, 2.24) is 5.32 Å². The van der Waals surface area contributed by atoms with E-state index < -0.39 is 10.0 Å². The third kappa shape index (κ3) is 4.01. The predicted octanol–water partition coefficient (Wildman–Crippen LogP) is -0.144. The lowest BCUT2D eigenvalue weighted by Gasteiger charge is -2.08. The van der Waals surface area contributed by atoms with Crippen molar-refractivity contribution in [2.75, 3.05) is 19.7 Å². The molecule has 0 spiro atoms. The Bertz CT molecular complexity index is 554. The molecule has 0 atom stereocenters. The molecule has 18 heavy (non-hydrogen) atoms. The first kappa shape index (κ1) is 12.8. The number of nitrogens with zero attached hydrogens (tertiary/aromatic N) is 1. The number of amidine groups is 1. The highest BCUT2D eigenvalue weighted by molar-refractivity contribution is 7.88. The maximum Gasteiger partial charge on any atom is 0.213 e. The third-order valence-electron chi connectivity index (χ3n) is 2.39. The number of hydrogen-bond donors (Lipinski definition) is 2. The van der Waals surface area contributed by atoms with Gasteiger partial charge in [-0.1, -0.05) is 12.1 Å². The molecule has 0 aliphatic carbocycles. The van der Waals surface area contributed by atoms with Gasteiger partial charge in [0.15, 0.2) is 0 Å². The summed E-state index contributed by atoms with van der Waals surface area (Å²) in [4.78, 5) is 4.20. The summed E-state index contributed by atoms with van der Waals surface area (Å²) in [6.45, 7) is 1.97. The van der Waals surface area contributed by atoms with Crippen LogP contribution >= 0.6 is 0 Å². The van der Waals surface area contributed by atoms with Crippen LogP contribution in [0.4, 0.5) is 0 Å². The molecule has 0 saturated carbocycles. The average Bonchev–Trinajstić information content (AvgIpc) is 2.77. The Balaban J connectivity index is 1.98. The first-order valence-corrected chi connectivity index (χ1v) is 7.24. The molecule has 0 fully saturated rings. The largest absolute Gasteiger partial charge is 0.486 e. The molecule has 0 saturated heterocycles. The summed E-state index contributed by atoms with van der Waals surface area (Å²) in [5.74, 6) is 1.23. The zero-order valence-corrected chi connectivity index (χ0v) is 10.6. The molecular formula is C11H15N3O3S. The van der Waals surface area contributed by atoms with E-state index in [0.29, 0.717) is 17.9 Å². The molecule has 1 aromatic rings. The van der Waals surface area contributed by atoms with Crippen molar-refractivity contribution < 1.29 is 13.2 Å². The lowest BCUT2D eigenvalue weighted by molar-refractivity contribution is 0.373. The number of nitrogens with one attached hydrogen (secondary N) is 1. The molecular weight excluding hydrogens is 254 g/mol. The van der Waals surface area contributed by atoms with Crippen molar-refractivity contribution in [3.8, 4) is 5.75 Å². The average molecular weight is 269 g/mol. The first-order chi connectivity index (χ1) is 8.53. The van der Waals surface area contributed by atoms with Gasteiger partial charge in [0.25, 0.3) is 0 Å². The Morgan fingerprint density at radius 1 is 1.44 bits per heavy atom. The summed E-state index contributed by atoms with van der Waals surface area (Å²) < 4.78 is 27.5. The molecule has 0 aromatic heterocycles. The van der Waals surface area contributed by atoms with Crippen LogP contribution in [0.15, 0.2) is 29.3 Å². The summed E-state index contributed by atoms with van der Waals surface area (Å²) >= 11 is 0. The Morgan fingerprint density at radius 3 is 2.94 bits per heavy atom. The molecule has 0 unspecified atom stereocenters. The van der Waals surface area contributed by atoms with Crippen molar-refractivity contribution in [2.45, 2.75) is 5.75 Å². The minimum absolute atomic E-state index is 0.191. The van der Waals surface area contributed by atoms with Crippen LogP contribution in [0, 0.1) is 0 Å². The van der Waals surface area contributed by atoms with Gasteiger partial charge in [0, 0.05) is 6.54 Å². The van der Waals surface area contributed by atoms with Gasteiger partial charge in [-0.2, -0.15) is 0 Å². The molecule has 98 valence electrons. The van der Waals surface area contributed by atoms with Gasteiger partial charge >= 0.3 is 0 Å². The monoisotopic (exact) mass is 269 g/mol. The summed E-state index contributed by atoms with van der Waals surface area (Å²) in [7, 11) is -3.52. The van der Waals surface area contributed by atoms with E-state index >= 15 is 0 Å². The van der Waals surface area contributed by atoms with Gasteiger partial charge in [0.05, 0.1) is 12.3 Å². The highest BCUT2D eigenvalue weighted by atomic mass is 32.2. The highest BCUT2D eigenvalue weighted by Gasteiger charge is 2.08.